The van der Waals surface area contributed by atoms with Gasteiger partial charge in [0.25, 0.3) is 8.45 Å². The Morgan fingerprint density at radius 1 is 1.31 bits per heavy atom. The lowest BCUT2D eigenvalue weighted by Gasteiger charge is -2.23. The zero-order valence-corrected chi connectivity index (χ0v) is 8.95. The second-order valence-electron chi connectivity index (χ2n) is 3.18. The molecule has 0 spiro atoms. The molecule has 1 aromatic carbocycles. The maximum absolute atomic E-state index is 5.80. The highest BCUT2D eigenvalue weighted by atomic mass is 31.2. The van der Waals surface area contributed by atoms with Gasteiger partial charge in [-0.25, -0.2) is 4.67 Å². The van der Waals surface area contributed by atoms with E-state index in [1.54, 1.807) is 0 Å². The van der Waals surface area contributed by atoms with Crippen LogP contribution in [0.3, 0.4) is 0 Å². The molecule has 13 heavy (non-hydrogen) atoms. The zero-order valence-electron chi connectivity index (χ0n) is 8.06. The Morgan fingerprint density at radius 3 is 2.62 bits per heavy atom. The third-order valence-corrected chi connectivity index (χ3v) is 3.77. The van der Waals surface area contributed by atoms with Crippen molar-refractivity contribution in [1.82, 2.24) is 4.67 Å². The summed E-state index contributed by atoms with van der Waals surface area (Å²) in [6.07, 6.45) is 0. The van der Waals surface area contributed by atoms with Gasteiger partial charge in [0, 0.05) is 7.05 Å². The summed E-state index contributed by atoms with van der Waals surface area (Å²) in [4.78, 5) is 0. The predicted molar refractivity (Wildman–Crippen MR) is 56.1 cm³/mol. The van der Waals surface area contributed by atoms with Crippen LogP contribution in [-0.4, -0.2) is 25.8 Å². The maximum atomic E-state index is 5.80. The molecule has 1 aliphatic rings. The summed E-state index contributed by atoms with van der Waals surface area (Å²) in [7, 11) is 5.51. The number of para-hydroxylation sites is 2. The van der Waals surface area contributed by atoms with Gasteiger partial charge in [-0.2, -0.15) is 0 Å². The van der Waals surface area contributed by atoms with E-state index in [9.17, 15) is 0 Å². The maximum Gasteiger partial charge on any atom is 0.278 e. The van der Waals surface area contributed by atoms with Crippen molar-refractivity contribution in [2.45, 2.75) is 0 Å². The minimum absolute atomic E-state index is 0.626. The molecule has 1 unspecified atom stereocenters. The summed E-state index contributed by atoms with van der Waals surface area (Å²) >= 11 is 0. The third-order valence-electron chi connectivity index (χ3n) is 1.99. The lowest BCUT2D eigenvalue weighted by atomic mass is 10.3. The van der Waals surface area contributed by atoms with Gasteiger partial charge in [-0.1, -0.05) is 12.1 Å². The minimum atomic E-state index is -0.626. The molecule has 1 heterocycles. The smallest absolute Gasteiger partial charge is 0.278 e. The van der Waals surface area contributed by atoms with E-state index < -0.39 is 8.45 Å². The average molecular weight is 196 g/mol. The van der Waals surface area contributed by atoms with E-state index in [1.807, 2.05) is 32.3 Å². The van der Waals surface area contributed by atoms with Gasteiger partial charge in [0.05, 0.1) is 5.69 Å². The first-order chi connectivity index (χ1) is 6.20. The molecular weight excluding hydrogens is 183 g/mol. The van der Waals surface area contributed by atoms with Gasteiger partial charge >= 0.3 is 0 Å². The predicted octanol–water partition coefficient (Wildman–Crippen LogP) is 2.30. The van der Waals surface area contributed by atoms with Gasteiger partial charge in [-0.3, -0.25) is 0 Å². The van der Waals surface area contributed by atoms with Gasteiger partial charge in [-0.15, -0.1) is 0 Å². The SMILES string of the molecule is CN(C)P1Oc2ccccc2N1C. The fourth-order valence-electron chi connectivity index (χ4n) is 1.39. The molecule has 0 N–H and O–H groups in total. The Bertz CT molecular complexity index is 316. The Morgan fingerprint density at radius 2 is 2.00 bits per heavy atom. The third kappa shape index (κ3) is 1.38. The summed E-state index contributed by atoms with van der Waals surface area (Å²) in [6, 6.07) is 8.13. The number of hydrogen-bond acceptors (Lipinski definition) is 3. The first kappa shape index (κ1) is 8.79. The van der Waals surface area contributed by atoms with Crippen LogP contribution < -0.4 is 9.19 Å². The molecule has 0 saturated heterocycles. The summed E-state index contributed by atoms with van der Waals surface area (Å²) in [6.45, 7) is 0. The molecule has 0 aliphatic carbocycles. The number of hydrogen-bond donors (Lipinski definition) is 0. The molecule has 70 valence electrons. The molecule has 4 heteroatoms. The van der Waals surface area contributed by atoms with Crippen LogP contribution in [0.5, 0.6) is 5.75 Å². The molecule has 2 rings (SSSR count). The second kappa shape index (κ2) is 3.17. The molecule has 3 nitrogen and oxygen atoms in total. The molecule has 0 fully saturated rings. The Hall–Kier alpha value is -0.790. The topological polar surface area (TPSA) is 15.7 Å². The lowest BCUT2D eigenvalue weighted by Crippen LogP contribution is -2.17. The van der Waals surface area contributed by atoms with Crippen molar-refractivity contribution >= 4 is 14.1 Å². The molecule has 0 bridgehead atoms. The molecule has 0 aromatic heterocycles. The standard InChI is InChI=1S/C9H13N2OP/c1-10(2)13-11(3)8-6-4-5-7-9(8)12-13/h4-7H,1-3H3. The Kier molecular flexibility index (Phi) is 2.14. The number of fused-ring (bicyclic) bond motifs is 1. The Labute approximate surface area is 79.9 Å². The molecule has 1 aliphatic heterocycles. The van der Waals surface area contributed by atoms with Crippen LogP contribution >= 0.6 is 8.45 Å². The first-order valence-electron chi connectivity index (χ1n) is 4.18. The van der Waals surface area contributed by atoms with E-state index in [2.05, 4.69) is 22.5 Å². The van der Waals surface area contributed by atoms with Crippen LogP contribution in [0.4, 0.5) is 5.69 Å². The van der Waals surface area contributed by atoms with Crippen molar-refractivity contribution < 1.29 is 4.52 Å². The molecule has 0 amide bonds. The highest BCUT2D eigenvalue weighted by Crippen LogP contribution is 2.55. The van der Waals surface area contributed by atoms with Crippen molar-refractivity contribution in [1.29, 1.82) is 0 Å². The van der Waals surface area contributed by atoms with E-state index in [0.717, 1.165) is 5.75 Å². The summed E-state index contributed by atoms with van der Waals surface area (Å²) < 4.78 is 10.1. The van der Waals surface area contributed by atoms with Crippen molar-refractivity contribution in [2.75, 3.05) is 25.8 Å². The van der Waals surface area contributed by atoms with E-state index in [4.69, 9.17) is 4.52 Å². The molecular formula is C9H13N2OP. The van der Waals surface area contributed by atoms with Gasteiger partial charge in [0.1, 0.15) is 0 Å². The highest BCUT2D eigenvalue weighted by Gasteiger charge is 2.30. The minimum Gasteiger partial charge on any atom is -0.438 e. The first-order valence-corrected chi connectivity index (χ1v) is 5.34. The quantitative estimate of drug-likeness (QED) is 0.641. The van der Waals surface area contributed by atoms with E-state index in [0.29, 0.717) is 0 Å². The summed E-state index contributed by atoms with van der Waals surface area (Å²) in [5, 5.41) is 0. The van der Waals surface area contributed by atoms with Gasteiger partial charge < -0.3 is 9.19 Å². The fourth-order valence-corrected chi connectivity index (χ4v) is 2.90. The normalized spacial score (nSPS) is 20.3. The van der Waals surface area contributed by atoms with E-state index in [1.165, 1.54) is 5.69 Å². The number of anilines is 1. The van der Waals surface area contributed by atoms with Crippen LogP contribution in [0.1, 0.15) is 0 Å². The van der Waals surface area contributed by atoms with E-state index >= 15 is 0 Å². The summed E-state index contributed by atoms with van der Waals surface area (Å²) in [5.74, 6) is 0.991. The number of benzene rings is 1. The molecule has 1 aromatic rings. The van der Waals surface area contributed by atoms with Gasteiger partial charge in [0.15, 0.2) is 5.75 Å². The van der Waals surface area contributed by atoms with Crippen LogP contribution in [0, 0.1) is 0 Å². The van der Waals surface area contributed by atoms with Crippen molar-refractivity contribution in [3.05, 3.63) is 24.3 Å². The number of rotatable bonds is 1. The molecule has 0 saturated carbocycles. The van der Waals surface area contributed by atoms with Crippen LogP contribution in [-0.2, 0) is 0 Å². The largest absolute Gasteiger partial charge is 0.438 e. The molecule has 1 atom stereocenters. The van der Waals surface area contributed by atoms with Crippen LogP contribution in [0.2, 0.25) is 0 Å². The Balaban J connectivity index is 2.32. The zero-order chi connectivity index (χ0) is 9.42. The monoisotopic (exact) mass is 196 g/mol. The molecule has 0 radical (unpaired) electrons. The van der Waals surface area contributed by atoms with E-state index in [-0.39, 0.29) is 0 Å². The second-order valence-corrected chi connectivity index (χ2v) is 5.27. The van der Waals surface area contributed by atoms with Crippen LogP contribution in [0.15, 0.2) is 24.3 Å². The lowest BCUT2D eigenvalue weighted by molar-refractivity contribution is 0.544. The van der Waals surface area contributed by atoms with Crippen molar-refractivity contribution in [3.63, 3.8) is 0 Å². The van der Waals surface area contributed by atoms with Crippen molar-refractivity contribution in [2.24, 2.45) is 0 Å². The fraction of sp³-hybridized carbons (Fsp3) is 0.333. The van der Waals surface area contributed by atoms with Crippen LogP contribution in [0.25, 0.3) is 0 Å². The van der Waals surface area contributed by atoms with Crippen molar-refractivity contribution in [3.8, 4) is 5.75 Å². The highest BCUT2D eigenvalue weighted by molar-refractivity contribution is 7.52. The number of nitrogens with zero attached hydrogens (tertiary/aromatic N) is 2. The van der Waals surface area contributed by atoms with Gasteiger partial charge in [-0.05, 0) is 26.2 Å². The van der Waals surface area contributed by atoms with Gasteiger partial charge in [0.2, 0.25) is 0 Å². The average Bonchev–Trinajstić information content (AvgIpc) is 2.45. The summed E-state index contributed by atoms with van der Waals surface area (Å²) in [5.41, 5.74) is 1.18.